The van der Waals surface area contributed by atoms with Gasteiger partial charge in [-0.05, 0) is 31.4 Å². The first-order valence-corrected chi connectivity index (χ1v) is 7.19. The van der Waals surface area contributed by atoms with E-state index in [0.717, 1.165) is 5.56 Å². The summed E-state index contributed by atoms with van der Waals surface area (Å²) in [4.78, 5) is 11.0. The Morgan fingerprint density at radius 2 is 2.05 bits per heavy atom. The number of halogens is 2. The predicted molar refractivity (Wildman–Crippen MR) is 80.4 cm³/mol. The number of esters is 1. The molecule has 0 amide bonds. The Morgan fingerprint density at radius 3 is 2.65 bits per heavy atom. The number of hydrogen-bond acceptors (Lipinski definition) is 4. The van der Waals surface area contributed by atoms with E-state index in [4.69, 9.17) is 33.7 Å². The van der Waals surface area contributed by atoms with Crippen molar-refractivity contribution in [2.24, 2.45) is 5.73 Å². The lowest BCUT2D eigenvalue weighted by atomic mass is 10.0. The van der Waals surface area contributed by atoms with Crippen molar-refractivity contribution in [2.45, 2.75) is 32.2 Å². The molecule has 1 aromatic carbocycles. The molecule has 2 N–H and O–H groups in total. The number of methoxy groups -OCH3 is 1. The molecule has 0 aliphatic rings. The molecule has 0 saturated heterocycles. The summed E-state index contributed by atoms with van der Waals surface area (Å²) in [5, 5.41) is 0.998. The Bertz CT molecular complexity index is 466. The lowest BCUT2D eigenvalue weighted by Crippen LogP contribution is -2.12. The first kappa shape index (κ1) is 17.1. The molecule has 0 radical (unpaired) electrons. The third kappa shape index (κ3) is 4.85. The lowest BCUT2D eigenvalue weighted by Gasteiger charge is -2.16. The maximum atomic E-state index is 11.0. The van der Waals surface area contributed by atoms with Gasteiger partial charge in [0.25, 0.3) is 0 Å². The van der Waals surface area contributed by atoms with Crippen LogP contribution in [0.3, 0.4) is 0 Å². The average molecular weight is 320 g/mol. The minimum atomic E-state index is -0.277. The number of rotatable bonds is 7. The van der Waals surface area contributed by atoms with Crippen LogP contribution in [-0.4, -0.2) is 19.7 Å². The van der Waals surface area contributed by atoms with Crippen molar-refractivity contribution in [1.82, 2.24) is 0 Å². The van der Waals surface area contributed by atoms with Crippen LogP contribution in [0.4, 0.5) is 0 Å². The average Bonchev–Trinajstić information content (AvgIpc) is 2.42. The molecule has 20 heavy (non-hydrogen) atoms. The Hall–Kier alpha value is -0.970. The van der Waals surface area contributed by atoms with Crippen LogP contribution in [0.5, 0.6) is 5.75 Å². The van der Waals surface area contributed by atoms with Crippen molar-refractivity contribution in [1.29, 1.82) is 0 Å². The van der Waals surface area contributed by atoms with Crippen LogP contribution in [0, 0.1) is 0 Å². The molecule has 1 atom stereocenters. The molecule has 1 unspecified atom stereocenters. The zero-order valence-electron chi connectivity index (χ0n) is 11.6. The Balaban J connectivity index is 2.70. The molecule has 0 saturated carbocycles. The van der Waals surface area contributed by atoms with Gasteiger partial charge in [0.05, 0.1) is 18.7 Å². The molecule has 0 aliphatic carbocycles. The van der Waals surface area contributed by atoms with Gasteiger partial charge >= 0.3 is 5.97 Å². The van der Waals surface area contributed by atoms with Crippen LogP contribution in [0.1, 0.15) is 37.8 Å². The number of nitrogens with two attached hydrogens (primary N) is 1. The molecular formula is C14H19Cl2NO3. The number of carbonyl (C=O) groups excluding carboxylic acids is 1. The van der Waals surface area contributed by atoms with E-state index in [-0.39, 0.29) is 12.0 Å². The van der Waals surface area contributed by atoms with Crippen LogP contribution in [0.2, 0.25) is 10.0 Å². The molecule has 0 bridgehead atoms. The van der Waals surface area contributed by atoms with E-state index in [2.05, 4.69) is 4.74 Å². The number of benzene rings is 1. The summed E-state index contributed by atoms with van der Waals surface area (Å²) in [5.74, 6) is 0.303. The maximum Gasteiger partial charge on any atom is 0.305 e. The highest BCUT2D eigenvalue weighted by atomic mass is 35.5. The molecule has 0 heterocycles. The van der Waals surface area contributed by atoms with Gasteiger partial charge in [-0.25, -0.2) is 0 Å². The summed E-state index contributed by atoms with van der Waals surface area (Å²) >= 11 is 12.3. The number of hydrogen-bond donors (Lipinski definition) is 1. The summed E-state index contributed by atoms with van der Waals surface area (Å²) in [7, 11) is 1.37. The van der Waals surface area contributed by atoms with E-state index in [1.54, 1.807) is 12.1 Å². The Labute approximate surface area is 129 Å². The van der Waals surface area contributed by atoms with Crippen LogP contribution >= 0.6 is 23.2 Å². The van der Waals surface area contributed by atoms with Crippen LogP contribution < -0.4 is 10.5 Å². The molecule has 112 valence electrons. The quantitative estimate of drug-likeness (QED) is 0.778. The highest BCUT2D eigenvalue weighted by molar-refractivity contribution is 6.34. The van der Waals surface area contributed by atoms with E-state index in [9.17, 15) is 4.79 Å². The molecule has 4 nitrogen and oxygen atoms in total. The van der Waals surface area contributed by atoms with Crippen molar-refractivity contribution in [3.63, 3.8) is 0 Å². The van der Waals surface area contributed by atoms with E-state index in [1.807, 2.05) is 6.92 Å². The first-order chi connectivity index (χ1) is 9.49. The van der Waals surface area contributed by atoms with Gasteiger partial charge < -0.3 is 15.2 Å². The molecule has 1 rings (SSSR count). The van der Waals surface area contributed by atoms with Gasteiger partial charge in [-0.3, -0.25) is 4.79 Å². The third-order valence-corrected chi connectivity index (χ3v) is 3.50. The molecule has 0 fully saturated rings. The monoisotopic (exact) mass is 319 g/mol. The Kier molecular flexibility index (Phi) is 7.13. The molecule has 1 aromatic rings. The Morgan fingerprint density at radius 1 is 1.35 bits per heavy atom. The van der Waals surface area contributed by atoms with Crippen LogP contribution in [-0.2, 0) is 9.53 Å². The zero-order chi connectivity index (χ0) is 15.1. The number of ether oxygens (including phenoxy) is 2. The second kappa shape index (κ2) is 8.35. The summed E-state index contributed by atoms with van der Waals surface area (Å²) in [6.07, 6.45) is 1.60. The van der Waals surface area contributed by atoms with Gasteiger partial charge in [0.1, 0.15) is 5.75 Å². The summed E-state index contributed by atoms with van der Waals surface area (Å²) < 4.78 is 9.94. The smallest absolute Gasteiger partial charge is 0.305 e. The molecular weight excluding hydrogens is 301 g/mol. The van der Waals surface area contributed by atoms with E-state index in [1.165, 1.54) is 7.11 Å². The normalized spacial score (nSPS) is 12.1. The third-order valence-electron chi connectivity index (χ3n) is 2.87. The predicted octanol–water partition coefficient (Wildman–Crippen LogP) is 3.74. The fourth-order valence-corrected chi connectivity index (χ4v) is 2.34. The van der Waals surface area contributed by atoms with Gasteiger partial charge in [0.15, 0.2) is 0 Å². The van der Waals surface area contributed by atoms with Gasteiger partial charge in [-0.2, -0.15) is 0 Å². The summed E-state index contributed by atoms with van der Waals surface area (Å²) in [5.41, 5.74) is 6.84. The lowest BCUT2D eigenvalue weighted by molar-refractivity contribution is -0.140. The molecule has 0 spiro atoms. The summed E-state index contributed by atoms with van der Waals surface area (Å²) in [6, 6.07) is 3.11. The second-order valence-corrected chi connectivity index (χ2v) is 5.13. The minimum absolute atomic E-state index is 0.243. The largest absolute Gasteiger partial charge is 0.492 e. The van der Waals surface area contributed by atoms with E-state index in [0.29, 0.717) is 41.7 Å². The zero-order valence-corrected chi connectivity index (χ0v) is 13.1. The van der Waals surface area contributed by atoms with Gasteiger partial charge in [-0.1, -0.05) is 23.2 Å². The van der Waals surface area contributed by atoms with Gasteiger partial charge in [-0.15, -0.1) is 0 Å². The first-order valence-electron chi connectivity index (χ1n) is 6.43. The highest BCUT2D eigenvalue weighted by Crippen LogP contribution is 2.34. The highest BCUT2D eigenvalue weighted by Gasteiger charge is 2.15. The van der Waals surface area contributed by atoms with Crippen molar-refractivity contribution in [3.8, 4) is 5.75 Å². The topological polar surface area (TPSA) is 61.5 Å². The van der Waals surface area contributed by atoms with Crippen LogP contribution in [0.15, 0.2) is 12.1 Å². The van der Waals surface area contributed by atoms with E-state index >= 15 is 0 Å². The molecule has 0 aliphatic heterocycles. The SMILES string of the molecule is CCOc1cc(Cl)c(C(N)CCCC(=O)OC)cc1Cl. The van der Waals surface area contributed by atoms with Crippen molar-refractivity contribution in [2.75, 3.05) is 13.7 Å². The fourth-order valence-electron chi connectivity index (χ4n) is 1.82. The molecule has 6 heteroatoms. The van der Waals surface area contributed by atoms with Crippen molar-refractivity contribution >= 4 is 29.2 Å². The molecule has 0 aromatic heterocycles. The second-order valence-electron chi connectivity index (χ2n) is 4.31. The van der Waals surface area contributed by atoms with Gasteiger partial charge in [0, 0.05) is 23.6 Å². The van der Waals surface area contributed by atoms with Crippen LogP contribution in [0.25, 0.3) is 0 Å². The standard InChI is InChI=1S/C14H19Cl2NO3/c1-3-20-13-8-10(15)9(7-11(13)16)12(17)5-4-6-14(18)19-2/h7-8,12H,3-6,17H2,1-2H3. The van der Waals surface area contributed by atoms with Crippen molar-refractivity contribution < 1.29 is 14.3 Å². The minimum Gasteiger partial charge on any atom is -0.492 e. The van der Waals surface area contributed by atoms with Gasteiger partial charge in [0.2, 0.25) is 0 Å². The van der Waals surface area contributed by atoms with E-state index < -0.39 is 0 Å². The maximum absolute atomic E-state index is 11.0. The summed E-state index contributed by atoms with van der Waals surface area (Å²) in [6.45, 7) is 2.39. The fraction of sp³-hybridized carbons (Fsp3) is 0.500. The number of carbonyl (C=O) groups is 1. The van der Waals surface area contributed by atoms with Crippen molar-refractivity contribution in [3.05, 3.63) is 27.7 Å².